The quantitative estimate of drug-likeness (QED) is 0.352. The van der Waals surface area contributed by atoms with Gasteiger partial charge in [0.1, 0.15) is 17.7 Å². The number of halogens is 4. The van der Waals surface area contributed by atoms with Crippen LogP contribution in [-0.4, -0.2) is 87.3 Å². The SMILES string of the molecule is [2H]C([2H])([2H])Oc1nc(N[C@@H]2CCN(S(C)(=O)=O)CC2(F)F)nn2cc(F)c(-c3ccc4nnn(CCF)c4c3)c12. The van der Waals surface area contributed by atoms with Crippen molar-refractivity contribution in [3.05, 3.63) is 30.2 Å². The van der Waals surface area contributed by atoms with Crippen LogP contribution in [0.3, 0.4) is 0 Å². The Morgan fingerprint density at radius 1 is 1.35 bits per heavy atom. The Labute approximate surface area is 212 Å². The van der Waals surface area contributed by atoms with E-state index < -0.39 is 59.9 Å². The number of anilines is 1. The third-order valence-corrected chi connectivity index (χ3v) is 7.33. The molecule has 0 unspecified atom stereocenters. The number of nitrogens with zero attached hydrogens (tertiary/aromatic N) is 7. The molecule has 3 aromatic heterocycles. The fourth-order valence-corrected chi connectivity index (χ4v) is 5.16. The van der Waals surface area contributed by atoms with Gasteiger partial charge in [-0.05, 0) is 24.1 Å². The summed E-state index contributed by atoms with van der Waals surface area (Å²) in [6, 6.07) is 2.86. The summed E-state index contributed by atoms with van der Waals surface area (Å²) in [5.41, 5.74) is 0.642. The van der Waals surface area contributed by atoms with Gasteiger partial charge < -0.3 is 10.1 Å². The van der Waals surface area contributed by atoms with Crippen molar-refractivity contribution in [1.29, 1.82) is 0 Å². The molecule has 5 rings (SSSR count). The molecule has 16 heteroatoms. The van der Waals surface area contributed by atoms with Crippen molar-refractivity contribution in [2.75, 3.05) is 38.4 Å². The number of methoxy groups -OCH3 is 1. The van der Waals surface area contributed by atoms with Crippen LogP contribution in [0.4, 0.5) is 23.5 Å². The maximum atomic E-state index is 15.4. The Bertz CT molecular complexity index is 1700. The zero-order valence-electron chi connectivity index (χ0n) is 22.2. The van der Waals surface area contributed by atoms with Gasteiger partial charge in [0.05, 0.1) is 53.8 Å². The van der Waals surface area contributed by atoms with Gasteiger partial charge in [-0.2, -0.15) is 9.29 Å². The van der Waals surface area contributed by atoms with Gasteiger partial charge in [-0.15, -0.1) is 10.2 Å². The molecule has 0 bridgehead atoms. The van der Waals surface area contributed by atoms with Crippen LogP contribution in [0.2, 0.25) is 0 Å². The Balaban J connectivity index is 1.58. The van der Waals surface area contributed by atoms with E-state index in [2.05, 4.69) is 25.7 Å². The van der Waals surface area contributed by atoms with Crippen molar-refractivity contribution < 1.29 is 34.8 Å². The second-order valence-electron chi connectivity index (χ2n) is 8.54. The molecule has 1 saturated heterocycles. The van der Waals surface area contributed by atoms with Crippen molar-refractivity contribution in [2.45, 2.75) is 24.9 Å². The predicted molar refractivity (Wildman–Crippen MR) is 125 cm³/mol. The van der Waals surface area contributed by atoms with Crippen molar-refractivity contribution in [2.24, 2.45) is 0 Å². The first-order chi connectivity index (χ1) is 18.7. The molecule has 0 amide bonds. The number of benzene rings is 1. The Hall–Kier alpha value is -3.53. The van der Waals surface area contributed by atoms with Crippen molar-refractivity contribution >= 4 is 32.5 Å². The number of sulfonamides is 1. The average Bonchev–Trinajstić information content (AvgIpc) is 3.38. The summed E-state index contributed by atoms with van der Waals surface area (Å²) in [4.78, 5) is 3.98. The highest BCUT2D eigenvalue weighted by Crippen LogP contribution is 2.36. The first-order valence-corrected chi connectivity index (χ1v) is 12.8. The minimum absolute atomic E-state index is 0.0990. The number of piperidine rings is 1. The van der Waals surface area contributed by atoms with Gasteiger partial charge >= 0.3 is 0 Å². The highest BCUT2D eigenvalue weighted by Gasteiger charge is 2.47. The molecular formula is C21H22F4N8O3S. The van der Waals surface area contributed by atoms with E-state index in [1.165, 1.54) is 22.9 Å². The van der Waals surface area contributed by atoms with Crippen molar-refractivity contribution in [3.8, 4) is 17.0 Å². The smallest absolute Gasteiger partial charge is 0.281 e. The monoisotopic (exact) mass is 545 g/mol. The summed E-state index contributed by atoms with van der Waals surface area (Å²) in [6.07, 6.45) is 1.41. The predicted octanol–water partition coefficient (Wildman–Crippen LogP) is 2.34. The fourth-order valence-electron chi connectivity index (χ4n) is 4.32. The average molecular weight is 546 g/mol. The Morgan fingerprint density at radius 2 is 2.16 bits per heavy atom. The lowest BCUT2D eigenvalue weighted by atomic mass is 10.0. The largest absolute Gasteiger partial charge is 0.479 e. The second-order valence-corrected chi connectivity index (χ2v) is 10.5. The number of hydrogen-bond acceptors (Lipinski definition) is 8. The molecule has 1 atom stereocenters. The van der Waals surface area contributed by atoms with Gasteiger partial charge in [0, 0.05) is 6.54 Å². The molecule has 1 aliphatic heterocycles. The molecule has 0 saturated carbocycles. The number of hydrogen-bond donors (Lipinski definition) is 1. The van der Waals surface area contributed by atoms with Crippen LogP contribution in [0.15, 0.2) is 24.4 Å². The lowest BCUT2D eigenvalue weighted by Gasteiger charge is -2.37. The zero-order chi connectivity index (χ0) is 29.0. The van der Waals surface area contributed by atoms with E-state index >= 15 is 4.39 Å². The molecule has 1 N–H and O–H groups in total. The molecule has 1 aliphatic rings. The number of rotatable bonds is 7. The van der Waals surface area contributed by atoms with E-state index in [9.17, 15) is 21.6 Å². The number of ether oxygens (including phenoxy) is 1. The normalized spacial score (nSPS) is 20.0. The van der Waals surface area contributed by atoms with Crippen molar-refractivity contribution in [1.82, 2.24) is 33.9 Å². The summed E-state index contributed by atoms with van der Waals surface area (Å²) >= 11 is 0. The molecule has 0 aliphatic carbocycles. The fraction of sp³-hybridized carbons (Fsp3) is 0.429. The molecule has 4 aromatic rings. The second kappa shape index (κ2) is 9.09. The van der Waals surface area contributed by atoms with Gasteiger partial charge in [-0.3, -0.25) is 0 Å². The minimum atomic E-state index is -3.86. The van der Waals surface area contributed by atoms with E-state index in [1.807, 2.05) is 0 Å². The third-order valence-electron chi connectivity index (χ3n) is 6.08. The van der Waals surface area contributed by atoms with Crippen LogP contribution in [0.1, 0.15) is 10.5 Å². The van der Waals surface area contributed by atoms with E-state index in [4.69, 9.17) is 8.85 Å². The highest BCUT2D eigenvalue weighted by molar-refractivity contribution is 7.88. The number of aromatic nitrogens is 6. The van der Waals surface area contributed by atoms with Crippen LogP contribution < -0.4 is 10.1 Å². The summed E-state index contributed by atoms with van der Waals surface area (Å²) in [6.45, 7) is -2.11. The molecule has 11 nitrogen and oxygen atoms in total. The van der Waals surface area contributed by atoms with Crippen LogP contribution in [0.25, 0.3) is 27.7 Å². The Morgan fingerprint density at radius 3 is 2.86 bits per heavy atom. The molecule has 1 aromatic carbocycles. The van der Waals surface area contributed by atoms with Gasteiger partial charge in [0.2, 0.25) is 21.9 Å². The summed E-state index contributed by atoms with van der Waals surface area (Å²) in [5.74, 6) is -5.52. The summed E-state index contributed by atoms with van der Waals surface area (Å²) < 4.78 is 112. The number of nitrogens with one attached hydrogen (secondary N) is 1. The first-order valence-electron chi connectivity index (χ1n) is 12.4. The Kier molecular flexibility index (Phi) is 5.29. The maximum absolute atomic E-state index is 15.4. The van der Waals surface area contributed by atoms with E-state index in [0.717, 1.165) is 17.0 Å². The maximum Gasteiger partial charge on any atom is 0.281 e. The summed E-state index contributed by atoms with van der Waals surface area (Å²) in [7, 11) is -6.91. The van der Waals surface area contributed by atoms with Crippen LogP contribution in [0, 0.1) is 5.82 Å². The van der Waals surface area contributed by atoms with Crippen LogP contribution >= 0.6 is 0 Å². The van der Waals surface area contributed by atoms with Crippen LogP contribution in [-0.2, 0) is 16.6 Å². The molecule has 0 radical (unpaired) electrons. The van der Waals surface area contributed by atoms with E-state index in [-0.39, 0.29) is 36.2 Å². The third kappa shape index (κ3) is 4.54. The summed E-state index contributed by atoms with van der Waals surface area (Å²) in [5, 5.41) is 14.2. The topological polar surface area (TPSA) is 120 Å². The molecule has 198 valence electrons. The molecule has 4 heterocycles. The van der Waals surface area contributed by atoms with Gasteiger partial charge in [-0.25, -0.2) is 35.2 Å². The number of aryl methyl sites for hydroxylation is 1. The standard InChI is InChI=1S/C21H22F4N8O3S/c1-36-19-18-17(12-3-4-14-15(9-12)32(8-6-22)30-28-14)13(23)10-33(18)29-20(27-19)26-16-5-7-31(37(2,34)35)11-21(16,24)25/h3-4,9-10,16H,5-8,11H2,1-2H3,(H,26,29)/t16-/m1/s1/i1D3. The van der Waals surface area contributed by atoms with Crippen molar-refractivity contribution in [3.63, 3.8) is 0 Å². The number of alkyl halides is 3. The van der Waals surface area contributed by atoms with Gasteiger partial charge in [0.15, 0.2) is 5.82 Å². The first kappa shape index (κ1) is 21.5. The molecular weight excluding hydrogens is 520 g/mol. The minimum Gasteiger partial charge on any atom is -0.479 e. The zero-order valence-corrected chi connectivity index (χ0v) is 20.0. The highest BCUT2D eigenvalue weighted by atomic mass is 32.2. The number of fused-ring (bicyclic) bond motifs is 2. The van der Waals surface area contributed by atoms with Gasteiger partial charge in [-0.1, -0.05) is 11.3 Å². The molecule has 0 spiro atoms. The lowest BCUT2D eigenvalue weighted by molar-refractivity contribution is -0.0541. The lowest BCUT2D eigenvalue weighted by Crippen LogP contribution is -2.55. The van der Waals surface area contributed by atoms with Gasteiger partial charge in [0.25, 0.3) is 5.92 Å². The van der Waals surface area contributed by atoms with Crippen LogP contribution in [0.5, 0.6) is 5.88 Å². The molecule has 1 fully saturated rings. The van der Waals surface area contributed by atoms with E-state index in [1.54, 1.807) is 0 Å². The van der Waals surface area contributed by atoms with E-state index in [0.29, 0.717) is 15.3 Å². The molecule has 37 heavy (non-hydrogen) atoms.